The molecule has 0 radical (unpaired) electrons. The Morgan fingerprint density at radius 1 is 1.18 bits per heavy atom. The highest BCUT2D eigenvalue weighted by atomic mass is 15.0. The Kier molecular flexibility index (Phi) is 3.97. The maximum Gasteiger partial charge on any atom is 0.129 e. The highest BCUT2D eigenvalue weighted by molar-refractivity contribution is 5.81. The van der Waals surface area contributed by atoms with Crippen molar-refractivity contribution in [2.75, 3.05) is 11.9 Å². The topological polar surface area (TPSA) is 24.9 Å². The molecular formula is C15H20N2. The number of aromatic nitrogens is 1. The van der Waals surface area contributed by atoms with Gasteiger partial charge in [0.25, 0.3) is 0 Å². The molecule has 0 amide bonds. The Morgan fingerprint density at radius 2 is 2.00 bits per heavy atom. The summed E-state index contributed by atoms with van der Waals surface area (Å²) in [7, 11) is 0. The van der Waals surface area contributed by atoms with E-state index < -0.39 is 0 Å². The summed E-state index contributed by atoms with van der Waals surface area (Å²) < 4.78 is 0. The number of para-hydroxylation sites is 1. The lowest BCUT2D eigenvalue weighted by Crippen LogP contribution is -2.05. The van der Waals surface area contributed by atoms with Gasteiger partial charge < -0.3 is 5.32 Å². The number of unbranched alkanes of at least 4 members (excludes halogenated alkanes) is 2. The first-order chi connectivity index (χ1) is 8.31. The highest BCUT2D eigenvalue weighted by Gasteiger charge is 2.01. The summed E-state index contributed by atoms with van der Waals surface area (Å²) in [6.45, 7) is 5.35. The van der Waals surface area contributed by atoms with Gasteiger partial charge in [-0.2, -0.15) is 0 Å². The molecule has 2 rings (SSSR count). The fraction of sp³-hybridized carbons (Fsp3) is 0.400. The average molecular weight is 228 g/mol. The molecule has 0 aliphatic carbocycles. The summed E-state index contributed by atoms with van der Waals surface area (Å²) in [4.78, 5) is 4.66. The zero-order chi connectivity index (χ0) is 12.1. The second-order valence-electron chi connectivity index (χ2n) is 4.48. The van der Waals surface area contributed by atoms with Crippen LogP contribution in [0.2, 0.25) is 0 Å². The van der Waals surface area contributed by atoms with Gasteiger partial charge in [0.15, 0.2) is 0 Å². The number of aryl methyl sites for hydroxylation is 1. The average Bonchev–Trinajstić information content (AvgIpc) is 2.35. The first-order valence-corrected chi connectivity index (χ1v) is 6.41. The van der Waals surface area contributed by atoms with Crippen LogP contribution >= 0.6 is 0 Å². The molecule has 0 atom stereocenters. The van der Waals surface area contributed by atoms with Crippen LogP contribution in [0, 0.1) is 6.92 Å². The molecule has 0 fully saturated rings. The quantitative estimate of drug-likeness (QED) is 0.778. The van der Waals surface area contributed by atoms with Crippen LogP contribution in [-0.2, 0) is 0 Å². The maximum atomic E-state index is 4.66. The van der Waals surface area contributed by atoms with Crippen LogP contribution < -0.4 is 5.32 Å². The van der Waals surface area contributed by atoms with Crippen LogP contribution in [0.4, 0.5) is 5.82 Å². The number of pyridine rings is 1. The number of benzene rings is 1. The van der Waals surface area contributed by atoms with E-state index in [4.69, 9.17) is 0 Å². The van der Waals surface area contributed by atoms with Crippen molar-refractivity contribution in [2.45, 2.75) is 33.1 Å². The van der Waals surface area contributed by atoms with E-state index in [1.165, 1.54) is 30.2 Å². The monoisotopic (exact) mass is 228 g/mol. The fourth-order valence-corrected chi connectivity index (χ4v) is 1.98. The molecule has 2 heteroatoms. The number of hydrogen-bond donors (Lipinski definition) is 1. The minimum absolute atomic E-state index is 1.01. The van der Waals surface area contributed by atoms with Gasteiger partial charge in [-0.25, -0.2) is 4.98 Å². The van der Waals surface area contributed by atoms with E-state index in [9.17, 15) is 0 Å². The van der Waals surface area contributed by atoms with Crippen molar-refractivity contribution in [3.05, 3.63) is 35.9 Å². The molecule has 0 unspecified atom stereocenters. The van der Waals surface area contributed by atoms with Crippen LogP contribution in [0.1, 0.15) is 31.7 Å². The SMILES string of the molecule is CCCCCNc1nc2ccccc2cc1C. The summed E-state index contributed by atoms with van der Waals surface area (Å²) in [5.74, 6) is 1.03. The van der Waals surface area contributed by atoms with Gasteiger partial charge in [0.05, 0.1) is 5.52 Å². The number of fused-ring (bicyclic) bond motifs is 1. The van der Waals surface area contributed by atoms with Gasteiger partial charge in [-0.1, -0.05) is 38.0 Å². The van der Waals surface area contributed by atoms with Crippen LogP contribution in [0.3, 0.4) is 0 Å². The van der Waals surface area contributed by atoms with Gasteiger partial charge in [-0.3, -0.25) is 0 Å². The Morgan fingerprint density at radius 3 is 2.82 bits per heavy atom. The van der Waals surface area contributed by atoms with Crippen LogP contribution in [-0.4, -0.2) is 11.5 Å². The minimum atomic E-state index is 1.01. The molecule has 0 aliphatic heterocycles. The number of anilines is 1. The Balaban J connectivity index is 2.14. The maximum absolute atomic E-state index is 4.66. The normalized spacial score (nSPS) is 10.7. The van der Waals surface area contributed by atoms with Crippen molar-refractivity contribution in [2.24, 2.45) is 0 Å². The first-order valence-electron chi connectivity index (χ1n) is 6.41. The number of nitrogens with zero attached hydrogens (tertiary/aromatic N) is 1. The molecule has 0 aliphatic rings. The summed E-state index contributed by atoms with van der Waals surface area (Å²) in [5, 5.41) is 4.64. The molecule has 1 aromatic heterocycles. The van der Waals surface area contributed by atoms with E-state index in [2.05, 4.69) is 48.4 Å². The fourth-order valence-electron chi connectivity index (χ4n) is 1.98. The van der Waals surface area contributed by atoms with Crippen LogP contribution in [0.25, 0.3) is 10.9 Å². The number of nitrogens with one attached hydrogen (secondary N) is 1. The third-order valence-electron chi connectivity index (χ3n) is 2.99. The van der Waals surface area contributed by atoms with E-state index in [1.54, 1.807) is 0 Å². The lowest BCUT2D eigenvalue weighted by molar-refractivity contribution is 0.742. The number of rotatable bonds is 5. The van der Waals surface area contributed by atoms with Gasteiger partial charge in [-0.05, 0) is 31.0 Å². The molecule has 90 valence electrons. The summed E-state index contributed by atoms with van der Waals surface area (Å²) in [6, 6.07) is 10.5. The predicted octanol–water partition coefficient (Wildman–Crippen LogP) is 4.15. The molecule has 2 nitrogen and oxygen atoms in total. The van der Waals surface area contributed by atoms with Gasteiger partial charge >= 0.3 is 0 Å². The van der Waals surface area contributed by atoms with E-state index in [1.807, 2.05) is 6.07 Å². The molecule has 1 heterocycles. The van der Waals surface area contributed by atoms with E-state index >= 15 is 0 Å². The molecule has 1 N–H and O–H groups in total. The van der Waals surface area contributed by atoms with Gasteiger partial charge in [0.1, 0.15) is 5.82 Å². The standard InChI is InChI=1S/C15H20N2/c1-3-4-7-10-16-15-12(2)11-13-8-5-6-9-14(13)17-15/h5-6,8-9,11H,3-4,7,10H2,1-2H3,(H,16,17). The van der Waals surface area contributed by atoms with Crippen LogP contribution in [0.5, 0.6) is 0 Å². The summed E-state index contributed by atoms with van der Waals surface area (Å²) in [5.41, 5.74) is 2.29. The van der Waals surface area contributed by atoms with Gasteiger partial charge in [0, 0.05) is 11.9 Å². The second-order valence-corrected chi connectivity index (χ2v) is 4.48. The zero-order valence-corrected chi connectivity index (χ0v) is 10.7. The van der Waals surface area contributed by atoms with Gasteiger partial charge in [-0.15, -0.1) is 0 Å². The predicted molar refractivity (Wildman–Crippen MR) is 74.5 cm³/mol. The molecular weight excluding hydrogens is 208 g/mol. The second kappa shape index (κ2) is 5.67. The Labute approximate surface area is 103 Å². The van der Waals surface area contributed by atoms with E-state index in [0.717, 1.165) is 17.9 Å². The molecule has 17 heavy (non-hydrogen) atoms. The molecule has 0 saturated heterocycles. The summed E-state index contributed by atoms with van der Waals surface area (Å²) >= 11 is 0. The third kappa shape index (κ3) is 2.96. The van der Waals surface area contributed by atoms with E-state index in [0.29, 0.717) is 0 Å². The molecule has 0 saturated carbocycles. The van der Waals surface area contributed by atoms with Crippen molar-refractivity contribution in [3.8, 4) is 0 Å². The molecule has 1 aromatic carbocycles. The van der Waals surface area contributed by atoms with Crippen LogP contribution in [0.15, 0.2) is 30.3 Å². The van der Waals surface area contributed by atoms with Gasteiger partial charge in [0.2, 0.25) is 0 Å². The molecule has 2 aromatic rings. The van der Waals surface area contributed by atoms with Crippen molar-refractivity contribution in [1.82, 2.24) is 4.98 Å². The third-order valence-corrected chi connectivity index (χ3v) is 2.99. The lowest BCUT2D eigenvalue weighted by Gasteiger charge is -2.09. The molecule has 0 spiro atoms. The summed E-state index contributed by atoms with van der Waals surface area (Å²) in [6.07, 6.45) is 3.75. The van der Waals surface area contributed by atoms with Crippen molar-refractivity contribution in [1.29, 1.82) is 0 Å². The van der Waals surface area contributed by atoms with Crippen molar-refractivity contribution >= 4 is 16.7 Å². The van der Waals surface area contributed by atoms with Crippen molar-refractivity contribution < 1.29 is 0 Å². The number of hydrogen-bond acceptors (Lipinski definition) is 2. The largest absolute Gasteiger partial charge is 0.370 e. The smallest absolute Gasteiger partial charge is 0.129 e. The van der Waals surface area contributed by atoms with Crippen molar-refractivity contribution in [3.63, 3.8) is 0 Å². The molecule has 0 bridgehead atoms. The van der Waals surface area contributed by atoms with E-state index in [-0.39, 0.29) is 0 Å². The Hall–Kier alpha value is -1.57. The lowest BCUT2D eigenvalue weighted by atomic mass is 10.1. The highest BCUT2D eigenvalue weighted by Crippen LogP contribution is 2.19. The first kappa shape index (κ1) is 11.9. The minimum Gasteiger partial charge on any atom is -0.370 e. The Bertz CT molecular complexity index is 491. The zero-order valence-electron chi connectivity index (χ0n) is 10.7.